The van der Waals surface area contributed by atoms with Crippen molar-refractivity contribution in [1.29, 1.82) is 0 Å². The van der Waals surface area contributed by atoms with Crippen molar-refractivity contribution in [2.45, 2.75) is 24.9 Å². The van der Waals surface area contributed by atoms with E-state index < -0.39 is 6.04 Å². The lowest BCUT2D eigenvalue weighted by atomic mass is 10.0. The number of nitrogens with one attached hydrogen (secondary N) is 3. The van der Waals surface area contributed by atoms with Gasteiger partial charge in [0.1, 0.15) is 6.04 Å². The summed E-state index contributed by atoms with van der Waals surface area (Å²) in [6.45, 7) is 1.22. The number of likely N-dealkylation sites (tertiary alicyclic amines) is 1. The van der Waals surface area contributed by atoms with Gasteiger partial charge in [0.05, 0.1) is 6.20 Å². The van der Waals surface area contributed by atoms with E-state index in [2.05, 4.69) is 21.0 Å². The van der Waals surface area contributed by atoms with Crippen LogP contribution in [0.3, 0.4) is 0 Å². The van der Waals surface area contributed by atoms with Gasteiger partial charge in [-0.05, 0) is 32.0 Å². The van der Waals surface area contributed by atoms with E-state index in [1.807, 2.05) is 43.6 Å². The average Bonchev–Trinajstić information content (AvgIpc) is 3.09. The Hall–Kier alpha value is -2.87. The van der Waals surface area contributed by atoms with E-state index in [-0.39, 0.29) is 18.0 Å². The molecule has 1 aromatic carbocycles. The van der Waals surface area contributed by atoms with Crippen molar-refractivity contribution in [3.8, 4) is 0 Å². The molecular formula is C19H26N6O2. The molecule has 144 valence electrons. The predicted octanol–water partition coefficient (Wildman–Crippen LogP) is 1.49. The molecule has 8 heteroatoms. The Kier molecular flexibility index (Phi) is 6.08. The molecule has 1 aliphatic rings. The summed E-state index contributed by atoms with van der Waals surface area (Å²) in [6, 6.07) is 8.93. The minimum atomic E-state index is -0.432. The first-order valence-corrected chi connectivity index (χ1v) is 9.14. The lowest BCUT2D eigenvalue weighted by molar-refractivity contribution is -0.124. The van der Waals surface area contributed by atoms with Gasteiger partial charge in [-0.1, -0.05) is 18.2 Å². The zero-order valence-corrected chi connectivity index (χ0v) is 15.7. The molecule has 0 bridgehead atoms. The number of carbonyl (C=O) groups is 2. The highest BCUT2D eigenvalue weighted by Crippen LogP contribution is 2.16. The first-order chi connectivity index (χ1) is 13.1. The number of para-hydroxylation sites is 1. The quantitative estimate of drug-likeness (QED) is 0.744. The molecule has 1 aromatic heterocycles. The molecule has 1 saturated heterocycles. The maximum atomic E-state index is 12.6. The number of hydrogen-bond acceptors (Lipinski definition) is 4. The lowest BCUT2D eigenvalue weighted by Gasteiger charge is -2.33. The number of carbonyl (C=O) groups excluding carboxylic acids is 2. The number of anilines is 1. The second-order valence-corrected chi connectivity index (χ2v) is 6.74. The lowest BCUT2D eigenvalue weighted by Crippen LogP contribution is -2.49. The van der Waals surface area contributed by atoms with E-state index >= 15 is 0 Å². The summed E-state index contributed by atoms with van der Waals surface area (Å²) < 4.78 is 1.68. The minimum absolute atomic E-state index is 0.0609. The molecule has 8 nitrogen and oxygen atoms in total. The normalized spacial score (nSPS) is 16.0. The van der Waals surface area contributed by atoms with Gasteiger partial charge in [-0.25, -0.2) is 4.79 Å². The third-order valence-corrected chi connectivity index (χ3v) is 4.76. The molecule has 0 spiro atoms. The van der Waals surface area contributed by atoms with Crippen LogP contribution in [0.2, 0.25) is 0 Å². The topological polar surface area (TPSA) is 91.3 Å². The van der Waals surface area contributed by atoms with Crippen LogP contribution in [0.15, 0.2) is 42.7 Å². The Morgan fingerprint density at radius 2 is 1.89 bits per heavy atom. The van der Waals surface area contributed by atoms with Crippen LogP contribution in [0.1, 0.15) is 24.4 Å². The molecule has 0 radical (unpaired) electrons. The first-order valence-electron chi connectivity index (χ1n) is 9.14. The zero-order chi connectivity index (χ0) is 19.2. The number of benzene rings is 1. The van der Waals surface area contributed by atoms with E-state index in [0.717, 1.165) is 24.1 Å². The SMILES string of the molecule is CNC(C(=O)NC1CCN(C(=O)Nc2ccccc2)CC1)c1cnn(C)c1. The summed E-state index contributed by atoms with van der Waals surface area (Å²) in [6.07, 6.45) is 4.99. The van der Waals surface area contributed by atoms with Crippen molar-refractivity contribution in [1.82, 2.24) is 25.3 Å². The highest BCUT2D eigenvalue weighted by Gasteiger charge is 2.27. The van der Waals surface area contributed by atoms with Crippen LogP contribution >= 0.6 is 0 Å². The summed E-state index contributed by atoms with van der Waals surface area (Å²) >= 11 is 0. The molecule has 2 heterocycles. The third-order valence-electron chi connectivity index (χ3n) is 4.76. The zero-order valence-electron chi connectivity index (χ0n) is 15.7. The Labute approximate surface area is 158 Å². The summed E-state index contributed by atoms with van der Waals surface area (Å²) in [5.74, 6) is -0.0716. The fourth-order valence-electron chi connectivity index (χ4n) is 3.27. The van der Waals surface area contributed by atoms with E-state index in [0.29, 0.717) is 13.1 Å². The summed E-state index contributed by atoms with van der Waals surface area (Å²) in [5.41, 5.74) is 1.61. The van der Waals surface area contributed by atoms with Crippen LogP contribution in [0, 0.1) is 0 Å². The molecular weight excluding hydrogens is 344 g/mol. The first kappa shape index (κ1) is 18.9. The number of amides is 3. The molecule has 0 saturated carbocycles. The Balaban J connectivity index is 1.48. The Bertz CT molecular complexity index is 768. The fraction of sp³-hybridized carbons (Fsp3) is 0.421. The molecule has 3 N–H and O–H groups in total. The Morgan fingerprint density at radius 1 is 1.19 bits per heavy atom. The molecule has 3 rings (SSSR count). The standard InChI is InChI=1S/C19H26N6O2/c1-20-17(14-12-21-24(2)13-14)18(26)22-16-8-10-25(11-9-16)19(27)23-15-6-4-3-5-7-15/h3-7,12-13,16-17,20H,8-11H2,1-2H3,(H,22,26)(H,23,27). The van der Waals surface area contributed by atoms with Crippen molar-refractivity contribution in [3.05, 3.63) is 48.3 Å². The van der Waals surface area contributed by atoms with Crippen LogP contribution in [0.5, 0.6) is 0 Å². The van der Waals surface area contributed by atoms with E-state index in [9.17, 15) is 9.59 Å². The number of hydrogen-bond donors (Lipinski definition) is 3. The van der Waals surface area contributed by atoms with Crippen molar-refractivity contribution >= 4 is 17.6 Å². The van der Waals surface area contributed by atoms with E-state index in [1.54, 1.807) is 22.8 Å². The number of aryl methyl sites for hydroxylation is 1. The van der Waals surface area contributed by atoms with E-state index in [4.69, 9.17) is 0 Å². The summed E-state index contributed by atoms with van der Waals surface area (Å²) in [5, 5.41) is 13.1. The van der Waals surface area contributed by atoms with Gasteiger partial charge in [0.25, 0.3) is 0 Å². The minimum Gasteiger partial charge on any atom is -0.352 e. The molecule has 27 heavy (non-hydrogen) atoms. The highest BCUT2D eigenvalue weighted by atomic mass is 16.2. The molecule has 0 aliphatic carbocycles. The molecule has 3 amide bonds. The Morgan fingerprint density at radius 3 is 2.48 bits per heavy atom. The number of likely N-dealkylation sites (N-methyl/N-ethyl adjacent to an activating group) is 1. The van der Waals surface area contributed by atoms with Gasteiger partial charge < -0.3 is 20.9 Å². The van der Waals surface area contributed by atoms with Gasteiger partial charge in [-0.2, -0.15) is 5.10 Å². The van der Waals surface area contributed by atoms with Crippen LogP contribution < -0.4 is 16.0 Å². The maximum absolute atomic E-state index is 12.6. The number of nitrogens with zero attached hydrogens (tertiary/aromatic N) is 3. The monoisotopic (exact) mass is 370 g/mol. The summed E-state index contributed by atoms with van der Waals surface area (Å²) in [7, 11) is 3.58. The number of piperidine rings is 1. The number of rotatable bonds is 5. The number of aromatic nitrogens is 2. The largest absolute Gasteiger partial charge is 0.352 e. The van der Waals surface area contributed by atoms with Crippen LogP contribution in [0.4, 0.5) is 10.5 Å². The van der Waals surface area contributed by atoms with Gasteiger partial charge in [-0.3, -0.25) is 9.48 Å². The van der Waals surface area contributed by atoms with Crippen molar-refractivity contribution in [2.75, 3.05) is 25.5 Å². The molecule has 1 atom stereocenters. The molecule has 2 aromatic rings. The van der Waals surface area contributed by atoms with Crippen molar-refractivity contribution in [3.63, 3.8) is 0 Å². The van der Waals surface area contributed by atoms with Crippen LogP contribution in [0.25, 0.3) is 0 Å². The highest BCUT2D eigenvalue weighted by molar-refractivity contribution is 5.89. The fourth-order valence-corrected chi connectivity index (χ4v) is 3.27. The molecule has 1 unspecified atom stereocenters. The van der Waals surface area contributed by atoms with Crippen molar-refractivity contribution in [2.24, 2.45) is 7.05 Å². The molecule has 1 fully saturated rings. The van der Waals surface area contributed by atoms with Gasteiger partial charge >= 0.3 is 6.03 Å². The van der Waals surface area contributed by atoms with Gasteiger partial charge in [0, 0.05) is 43.6 Å². The average molecular weight is 370 g/mol. The van der Waals surface area contributed by atoms with Gasteiger partial charge in [-0.15, -0.1) is 0 Å². The van der Waals surface area contributed by atoms with Crippen molar-refractivity contribution < 1.29 is 9.59 Å². The predicted molar refractivity (Wildman–Crippen MR) is 103 cm³/mol. The van der Waals surface area contributed by atoms with Crippen LogP contribution in [-0.4, -0.2) is 52.8 Å². The molecule has 1 aliphatic heterocycles. The second-order valence-electron chi connectivity index (χ2n) is 6.74. The third kappa shape index (κ3) is 4.85. The maximum Gasteiger partial charge on any atom is 0.321 e. The van der Waals surface area contributed by atoms with Gasteiger partial charge in [0.15, 0.2) is 0 Å². The number of urea groups is 1. The van der Waals surface area contributed by atoms with Crippen LogP contribution in [-0.2, 0) is 11.8 Å². The smallest absolute Gasteiger partial charge is 0.321 e. The van der Waals surface area contributed by atoms with Gasteiger partial charge in [0.2, 0.25) is 5.91 Å². The van der Waals surface area contributed by atoms with E-state index in [1.165, 1.54) is 0 Å². The summed E-state index contributed by atoms with van der Waals surface area (Å²) in [4.78, 5) is 26.7. The second kappa shape index (κ2) is 8.68.